The van der Waals surface area contributed by atoms with Gasteiger partial charge < -0.3 is 5.73 Å². The van der Waals surface area contributed by atoms with Crippen molar-refractivity contribution in [1.29, 1.82) is 0 Å². The molecule has 5 nitrogen and oxygen atoms in total. The summed E-state index contributed by atoms with van der Waals surface area (Å²) in [7, 11) is 1.44. The van der Waals surface area contributed by atoms with Gasteiger partial charge in [-0.1, -0.05) is 0 Å². The molecule has 0 aliphatic carbocycles. The quantitative estimate of drug-likeness (QED) is 0.828. The standard InChI is InChI=1S/C13H12FN3O2/c1-7(18)10-11(15)13(19)17(2)16-12(10)8-3-5-9(14)6-4-8/h3-6H,15H2,1-2H3. The predicted octanol–water partition coefficient (Wildman–Crippen LogP) is 1.37. The van der Waals surface area contributed by atoms with E-state index in [0.29, 0.717) is 5.56 Å². The summed E-state index contributed by atoms with van der Waals surface area (Å²) >= 11 is 0. The number of halogens is 1. The molecule has 0 fully saturated rings. The third-order valence-corrected chi connectivity index (χ3v) is 2.75. The first-order valence-electron chi connectivity index (χ1n) is 5.55. The lowest BCUT2D eigenvalue weighted by atomic mass is 10.0. The van der Waals surface area contributed by atoms with Crippen LogP contribution < -0.4 is 11.3 Å². The monoisotopic (exact) mass is 261 g/mol. The SMILES string of the molecule is CC(=O)c1c(-c2ccc(F)cc2)nn(C)c(=O)c1N. The number of anilines is 1. The van der Waals surface area contributed by atoms with Crippen LogP contribution in [-0.4, -0.2) is 15.6 Å². The molecule has 6 heteroatoms. The first-order valence-corrected chi connectivity index (χ1v) is 5.55. The van der Waals surface area contributed by atoms with Crippen molar-refractivity contribution in [3.8, 4) is 11.3 Å². The number of nitrogen functional groups attached to an aromatic ring is 1. The zero-order valence-corrected chi connectivity index (χ0v) is 10.5. The maximum absolute atomic E-state index is 12.9. The van der Waals surface area contributed by atoms with Gasteiger partial charge in [-0.3, -0.25) is 9.59 Å². The van der Waals surface area contributed by atoms with E-state index in [-0.39, 0.29) is 22.7 Å². The molecule has 1 aromatic heterocycles. The van der Waals surface area contributed by atoms with Crippen LogP contribution in [0.15, 0.2) is 29.1 Å². The highest BCUT2D eigenvalue weighted by Gasteiger charge is 2.18. The highest BCUT2D eigenvalue weighted by molar-refractivity contribution is 6.04. The highest BCUT2D eigenvalue weighted by atomic mass is 19.1. The first kappa shape index (κ1) is 12.9. The molecule has 2 rings (SSSR count). The number of ketones is 1. The molecular formula is C13H12FN3O2. The number of aryl methyl sites for hydroxylation is 1. The van der Waals surface area contributed by atoms with E-state index in [1.807, 2.05) is 0 Å². The second-order valence-corrected chi connectivity index (χ2v) is 4.13. The fraction of sp³-hybridized carbons (Fsp3) is 0.154. The molecule has 0 saturated heterocycles. The smallest absolute Gasteiger partial charge is 0.290 e. The second kappa shape index (κ2) is 4.64. The van der Waals surface area contributed by atoms with Crippen LogP contribution in [0.5, 0.6) is 0 Å². The maximum atomic E-state index is 12.9. The van der Waals surface area contributed by atoms with Gasteiger partial charge in [0.25, 0.3) is 5.56 Å². The Bertz CT molecular complexity index is 705. The van der Waals surface area contributed by atoms with Gasteiger partial charge in [-0.15, -0.1) is 0 Å². The molecule has 2 aromatic rings. The molecular weight excluding hydrogens is 249 g/mol. The van der Waals surface area contributed by atoms with E-state index < -0.39 is 11.4 Å². The van der Waals surface area contributed by atoms with Crippen LogP contribution in [0.25, 0.3) is 11.3 Å². The van der Waals surface area contributed by atoms with E-state index >= 15 is 0 Å². The number of nitrogens with zero attached hydrogens (tertiary/aromatic N) is 2. The van der Waals surface area contributed by atoms with Crippen LogP contribution in [0.2, 0.25) is 0 Å². The van der Waals surface area contributed by atoms with Crippen LogP contribution in [0.1, 0.15) is 17.3 Å². The summed E-state index contributed by atoms with van der Waals surface area (Å²) in [5.41, 5.74) is 5.86. The minimum absolute atomic E-state index is 0.0645. The fourth-order valence-corrected chi connectivity index (χ4v) is 1.82. The molecule has 0 atom stereocenters. The average molecular weight is 261 g/mol. The number of benzene rings is 1. The molecule has 0 bridgehead atoms. The van der Waals surface area contributed by atoms with Gasteiger partial charge in [0.1, 0.15) is 17.2 Å². The summed E-state index contributed by atoms with van der Waals surface area (Å²) < 4.78 is 14.0. The number of carbonyl (C=O) groups excluding carboxylic acids is 1. The summed E-state index contributed by atoms with van der Waals surface area (Å²) in [6.45, 7) is 1.31. The van der Waals surface area contributed by atoms with Crippen molar-refractivity contribution < 1.29 is 9.18 Å². The molecule has 0 unspecified atom stereocenters. The van der Waals surface area contributed by atoms with E-state index in [9.17, 15) is 14.0 Å². The normalized spacial score (nSPS) is 10.5. The number of Topliss-reactive ketones (excluding diaryl/α,β-unsaturated/α-hetero) is 1. The summed E-state index contributed by atoms with van der Waals surface area (Å²) in [4.78, 5) is 23.3. The molecule has 0 aliphatic heterocycles. The molecule has 0 amide bonds. The molecule has 1 aromatic carbocycles. The number of hydrogen-bond donors (Lipinski definition) is 1. The second-order valence-electron chi connectivity index (χ2n) is 4.13. The van der Waals surface area contributed by atoms with E-state index in [2.05, 4.69) is 5.10 Å². The minimum atomic E-state index is -0.531. The van der Waals surface area contributed by atoms with E-state index in [0.717, 1.165) is 4.68 Å². The summed E-state index contributed by atoms with van der Waals surface area (Å²) in [6.07, 6.45) is 0. The maximum Gasteiger partial charge on any atom is 0.290 e. The fourth-order valence-electron chi connectivity index (χ4n) is 1.82. The van der Waals surface area contributed by atoms with Crippen LogP contribution in [0.3, 0.4) is 0 Å². The third-order valence-electron chi connectivity index (χ3n) is 2.75. The van der Waals surface area contributed by atoms with Crippen LogP contribution in [0, 0.1) is 5.82 Å². The Morgan fingerprint density at radius 2 is 1.89 bits per heavy atom. The number of hydrogen-bond acceptors (Lipinski definition) is 4. The van der Waals surface area contributed by atoms with Gasteiger partial charge in [0, 0.05) is 12.6 Å². The molecule has 1 heterocycles. The summed E-state index contributed by atoms with van der Waals surface area (Å²) in [5.74, 6) is -0.757. The van der Waals surface area contributed by atoms with Crippen molar-refractivity contribution in [3.05, 3.63) is 46.0 Å². The van der Waals surface area contributed by atoms with Crippen LogP contribution in [0.4, 0.5) is 10.1 Å². The van der Waals surface area contributed by atoms with Gasteiger partial charge in [0.15, 0.2) is 5.78 Å². The topological polar surface area (TPSA) is 78.0 Å². The van der Waals surface area contributed by atoms with E-state index in [1.54, 1.807) is 0 Å². The Kier molecular flexibility index (Phi) is 3.16. The molecule has 0 aliphatic rings. The number of aromatic nitrogens is 2. The van der Waals surface area contributed by atoms with Gasteiger partial charge in [0.05, 0.1) is 5.56 Å². The van der Waals surface area contributed by atoms with Gasteiger partial charge in [-0.05, 0) is 31.2 Å². The first-order chi connectivity index (χ1) is 8.91. The van der Waals surface area contributed by atoms with Crippen molar-refractivity contribution in [1.82, 2.24) is 9.78 Å². The largest absolute Gasteiger partial charge is 0.394 e. The van der Waals surface area contributed by atoms with Crippen molar-refractivity contribution in [3.63, 3.8) is 0 Å². The average Bonchev–Trinajstić information content (AvgIpc) is 2.36. The lowest BCUT2D eigenvalue weighted by Gasteiger charge is -2.10. The van der Waals surface area contributed by atoms with Gasteiger partial charge in [-0.2, -0.15) is 5.10 Å². The molecule has 2 N–H and O–H groups in total. The summed E-state index contributed by atoms with van der Waals surface area (Å²) in [6, 6.07) is 5.46. The van der Waals surface area contributed by atoms with E-state index in [1.165, 1.54) is 38.2 Å². The number of carbonyl (C=O) groups is 1. The lowest BCUT2D eigenvalue weighted by molar-refractivity contribution is 0.101. The molecule has 19 heavy (non-hydrogen) atoms. The third kappa shape index (κ3) is 2.24. The lowest BCUT2D eigenvalue weighted by Crippen LogP contribution is -2.26. The Balaban J connectivity index is 2.79. The van der Waals surface area contributed by atoms with Gasteiger partial charge in [-0.25, -0.2) is 9.07 Å². The van der Waals surface area contributed by atoms with Crippen LogP contribution >= 0.6 is 0 Å². The Morgan fingerprint density at radius 3 is 2.42 bits per heavy atom. The van der Waals surface area contributed by atoms with Gasteiger partial charge >= 0.3 is 0 Å². The molecule has 0 spiro atoms. The van der Waals surface area contributed by atoms with Crippen molar-refractivity contribution in [2.75, 3.05) is 5.73 Å². The Morgan fingerprint density at radius 1 is 1.32 bits per heavy atom. The summed E-state index contributed by atoms with van der Waals surface area (Å²) in [5, 5.41) is 4.04. The van der Waals surface area contributed by atoms with Crippen LogP contribution in [-0.2, 0) is 7.05 Å². The van der Waals surface area contributed by atoms with E-state index in [4.69, 9.17) is 5.73 Å². The molecule has 98 valence electrons. The van der Waals surface area contributed by atoms with Crippen molar-refractivity contribution in [2.45, 2.75) is 6.92 Å². The predicted molar refractivity (Wildman–Crippen MR) is 69.3 cm³/mol. The zero-order chi connectivity index (χ0) is 14.2. The number of rotatable bonds is 2. The zero-order valence-electron chi connectivity index (χ0n) is 10.5. The minimum Gasteiger partial charge on any atom is -0.394 e. The molecule has 0 radical (unpaired) electrons. The van der Waals surface area contributed by atoms with Crippen molar-refractivity contribution in [2.24, 2.45) is 7.05 Å². The Hall–Kier alpha value is -2.50. The highest BCUT2D eigenvalue weighted by Crippen LogP contribution is 2.24. The van der Waals surface area contributed by atoms with Gasteiger partial charge in [0.2, 0.25) is 0 Å². The number of nitrogens with two attached hydrogens (primary N) is 1. The molecule has 0 saturated carbocycles. The Labute approximate surface area is 108 Å². The van der Waals surface area contributed by atoms with Crippen molar-refractivity contribution >= 4 is 11.5 Å².